The van der Waals surface area contributed by atoms with E-state index < -0.39 is 6.10 Å². The van der Waals surface area contributed by atoms with E-state index in [4.69, 9.17) is 4.52 Å². The minimum Gasteiger partial charge on any atom is -0.385 e. The van der Waals surface area contributed by atoms with Crippen molar-refractivity contribution in [3.05, 3.63) is 71.1 Å². The number of rotatable bonds is 5. The second-order valence-electron chi connectivity index (χ2n) is 5.97. The van der Waals surface area contributed by atoms with Gasteiger partial charge in [0.05, 0.1) is 6.54 Å². The molecule has 0 radical (unpaired) electrons. The molecular weight excluding hydrogens is 314 g/mol. The number of nitrogens with zero attached hydrogens (tertiary/aromatic N) is 3. The van der Waals surface area contributed by atoms with E-state index in [0.29, 0.717) is 18.1 Å². The molecule has 0 fully saturated rings. The number of aliphatic hydroxyl groups is 1. The Morgan fingerprint density at radius 3 is 2.76 bits per heavy atom. The standard InChI is InChI=1S/C20H21N3O2/c1-3-4-16-5-7-17(8-6-16)9-10-19-13-18(22-25-19)14-23-12-11-21-20(23)15(2)24/h5-8,11-13,15,24H,3-4,14H2,1-2H3. The molecule has 0 saturated carbocycles. The van der Waals surface area contributed by atoms with Crippen LogP contribution in [-0.4, -0.2) is 19.8 Å². The molecule has 0 amide bonds. The lowest BCUT2D eigenvalue weighted by Gasteiger charge is -2.07. The zero-order valence-electron chi connectivity index (χ0n) is 14.4. The van der Waals surface area contributed by atoms with Crippen LogP contribution in [-0.2, 0) is 13.0 Å². The molecule has 0 bridgehead atoms. The lowest BCUT2D eigenvalue weighted by Crippen LogP contribution is -2.07. The molecule has 3 aromatic rings. The highest BCUT2D eigenvalue weighted by molar-refractivity contribution is 5.40. The second-order valence-corrected chi connectivity index (χ2v) is 5.97. The summed E-state index contributed by atoms with van der Waals surface area (Å²) in [6.45, 7) is 4.34. The lowest BCUT2D eigenvalue weighted by atomic mass is 10.1. The normalized spacial score (nSPS) is 11.8. The van der Waals surface area contributed by atoms with E-state index in [2.05, 4.69) is 41.0 Å². The Bertz CT molecular complexity index is 880. The molecule has 2 aromatic heterocycles. The predicted octanol–water partition coefficient (Wildman–Crippen LogP) is 3.33. The van der Waals surface area contributed by atoms with E-state index in [0.717, 1.165) is 24.1 Å². The van der Waals surface area contributed by atoms with Crippen molar-refractivity contribution in [1.82, 2.24) is 14.7 Å². The molecule has 1 N–H and O–H groups in total. The molecule has 3 rings (SSSR count). The molecule has 1 aromatic carbocycles. The SMILES string of the molecule is CCCc1ccc(C#Cc2cc(Cn3ccnc3C(C)O)no2)cc1. The Hall–Kier alpha value is -2.84. The molecule has 128 valence electrons. The third-order valence-electron chi connectivity index (χ3n) is 3.84. The topological polar surface area (TPSA) is 64.1 Å². The van der Waals surface area contributed by atoms with Crippen molar-refractivity contribution in [2.45, 2.75) is 39.3 Å². The van der Waals surface area contributed by atoms with E-state index in [1.807, 2.05) is 22.8 Å². The van der Waals surface area contributed by atoms with Crippen molar-refractivity contribution in [3.63, 3.8) is 0 Å². The Morgan fingerprint density at radius 1 is 1.24 bits per heavy atom. The van der Waals surface area contributed by atoms with Crippen LogP contribution < -0.4 is 0 Å². The van der Waals surface area contributed by atoms with Gasteiger partial charge < -0.3 is 14.2 Å². The fraction of sp³-hybridized carbons (Fsp3) is 0.300. The number of imidazole rings is 1. The number of benzene rings is 1. The molecule has 0 spiro atoms. The van der Waals surface area contributed by atoms with Crippen molar-refractivity contribution in [2.75, 3.05) is 0 Å². The van der Waals surface area contributed by atoms with Crippen LogP contribution >= 0.6 is 0 Å². The predicted molar refractivity (Wildman–Crippen MR) is 94.9 cm³/mol. The van der Waals surface area contributed by atoms with Crippen LogP contribution in [0.3, 0.4) is 0 Å². The summed E-state index contributed by atoms with van der Waals surface area (Å²) in [6, 6.07) is 10.1. The minimum absolute atomic E-state index is 0.483. The lowest BCUT2D eigenvalue weighted by molar-refractivity contribution is 0.184. The van der Waals surface area contributed by atoms with Gasteiger partial charge in [-0.1, -0.05) is 36.6 Å². The number of aliphatic hydroxyl groups excluding tert-OH is 1. The molecule has 0 aliphatic rings. The molecule has 0 aliphatic carbocycles. The fourth-order valence-corrected chi connectivity index (χ4v) is 2.62. The molecule has 0 saturated heterocycles. The van der Waals surface area contributed by atoms with Gasteiger partial charge in [-0.2, -0.15) is 0 Å². The largest absolute Gasteiger partial charge is 0.385 e. The highest BCUT2D eigenvalue weighted by atomic mass is 16.5. The van der Waals surface area contributed by atoms with Gasteiger partial charge in [0.1, 0.15) is 17.6 Å². The first-order chi connectivity index (χ1) is 12.2. The average Bonchev–Trinajstić information content (AvgIpc) is 3.24. The van der Waals surface area contributed by atoms with Gasteiger partial charge in [0.2, 0.25) is 5.76 Å². The van der Waals surface area contributed by atoms with Gasteiger partial charge >= 0.3 is 0 Å². The van der Waals surface area contributed by atoms with Gasteiger partial charge in [-0.15, -0.1) is 0 Å². The van der Waals surface area contributed by atoms with Crippen LogP contribution in [0.4, 0.5) is 0 Å². The number of hydrogen-bond acceptors (Lipinski definition) is 4. The summed E-state index contributed by atoms with van der Waals surface area (Å²) in [7, 11) is 0. The van der Waals surface area contributed by atoms with Crippen LogP contribution in [0.1, 0.15) is 54.8 Å². The summed E-state index contributed by atoms with van der Waals surface area (Å²) in [5, 5.41) is 13.7. The molecule has 0 aliphatic heterocycles. The van der Waals surface area contributed by atoms with Crippen LogP contribution in [0.15, 0.2) is 47.2 Å². The molecule has 5 heteroatoms. The number of hydrogen-bond donors (Lipinski definition) is 1. The van der Waals surface area contributed by atoms with Gasteiger partial charge in [0, 0.05) is 24.0 Å². The molecule has 5 nitrogen and oxygen atoms in total. The van der Waals surface area contributed by atoms with E-state index in [1.54, 1.807) is 19.3 Å². The quantitative estimate of drug-likeness (QED) is 0.727. The van der Waals surface area contributed by atoms with Crippen molar-refractivity contribution in [1.29, 1.82) is 0 Å². The Morgan fingerprint density at radius 2 is 2.04 bits per heavy atom. The summed E-state index contributed by atoms with van der Waals surface area (Å²) in [5.74, 6) is 7.21. The third kappa shape index (κ3) is 4.37. The summed E-state index contributed by atoms with van der Waals surface area (Å²) in [4.78, 5) is 4.14. The number of aryl methyl sites for hydroxylation is 1. The molecule has 2 heterocycles. The summed E-state index contributed by atoms with van der Waals surface area (Å²) in [6.07, 6.45) is 5.06. The maximum atomic E-state index is 9.69. The van der Waals surface area contributed by atoms with Crippen LogP contribution in [0.5, 0.6) is 0 Å². The molecular formula is C20H21N3O2. The smallest absolute Gasteiger partial charge is 0.210 e. The van der Waals surface area contributed by atoms with Crippen LogP contribution in [0.25, 0.3) is 0 Å². The highest BCUT2D eigenvalue weighted by Crippen LogP contribution is 2.12. The molecule has 25 heavy (non-hydrogen) atoms. The van der Waals surface area contributed by atoms with Gasteiger partial charge in [-0.05, 0) is 37.0 Å². The first-order valence-corrected chi connectivity index (χ1v) is 8.41. The first kappa shape index (κ1) is 17.0. The van der Waals surface area contributed by atoms with Crippen molar-refractivity contribution >= 4 is 0 Å². The highest BCUT2D eigenvalue weighted by Gasteiger charge is 2.10. The fourth-order valence-electron chi connectivity index (χ4n) is 2.62. The number of aromatic nitrogens is 3. The zero-order valence-corrected chi connectivity index (χ0v) is 14.4. The van der Waals surface area contributed by atoms with Gasteiger partial charge in [0.15, 0.2) is 0 Å². The summed E-state index contributed by atoms with van der Waals surface area (Å²) < 4.78 is 7.12. The van der Waals surface area contributed by atoms with Gasteiger partial charge in [0.25, 0.3) is 0 Å². The zero-order chi connectivity index (χ0) is 17.6. The van der Waals surface area contributed by atoms with Gasteiger partial charge in [-0.3, -0.25) is 0 Å². The first-order valence-electron chi connectivity index (χ1n) is 8.41. The van der Waals surface area contributed by atoms with E-state index >= 15 is 0 Å². The monoisotopic (exact) mass is 335 g/mol. The van der Waals surface area contributed by atoms with Crippen LogP contribution in [0, 0.1) is 11.8 Å². The van der Waals surface area contributed by atoms with E-state index in [9.17, 15) is 5.11 Å². The van der Waals surface area contributed by atoms with E-state index in [-0.39, 0.29) is 0 Å². The van der Waals surface area contributed by atoms with Crippen molar-refractivity contribution in [2.24, 2.45) is 0 Å². The van der Waals surface area contributed by atoms with E-state index in [1.165, 1.54) is 5.56 Å². The van der Waals surface area contributed by atoms with Crippen molar-refractivity contribution in [3.8, 4) is 11.8 Å². The van der Waals surface area contributed by atoms with Crippen molar-refractivity contribution < 1.29 is 9.63 Å². The summed E-state index contributed by atoms with van der Waals surface area (Å²) >= 11 is 0. The summed E-state index contributed by atoms with van der Waals surface area (Å²) in [5.41, 5.74) is 3.01. The second kappa shape index (κ2) is 7.82. The minimum atomic E-state index is -0.628. The maximum absolute atomic E-state index is 9.69. The maximum Gasteiger partial charge on any atom is 0.210 e. The average molecular weight is 335 g/mol. The van der Waals surface area contributed by atoms with Crippen LogP contribution in [0.2, 0.25) is 0 Å². The third-order valence-corrected chi connectivity index (χ3v) is 3.84. The Balaban J connectivity index is 1.69. The Labute approximate surface area is 147 Å². The molecule has 1 unspecified atom stereocenters. The molecule has 1 atom stereocenters. The Kier molecular flexibility index (Phi) is 5.32. The van der Waals surface area contributed by atoms with Gasteiger partial charge in [-0.25, -0.2) is 4.98 Å².